The normalized spacial score (nSPS) is 11.1. The van der Waals surface area contributed by atoms with E-state index in [9.17, 15) is 9.59 Å². The minimum atomic E-state index is -0.607. The third-order valence-electron chi connectivity index (χ3n) is 1.99. The Labute approximate surface area is 120 Å². The maximum Gasteiger partial charge on any atom is 0.334 e. The molecule has 102 valence electrons. The lowest BCUT2D eigenvalue weighted by Crippen LogP contribution is -2.05. The van der Waals surface area contributed by atoms with E-state index in [2.05, 4.69) is 0 Å². The van der Waals surface area contributed by atoms with Crippen molar-refractivity contribution in [2.24, 2.45) is 0 Å². The highest BCUT2D eigenvalue weighted by molar-refractivity contribution is 6.42. The van der Waals surface area contributed by atoms with Crippen molar-refractivity contribution in [3.8, 4) is 0 Å². The zero-order chi connectivity index (χ0) is 14.4. The highest BCUT2D eigenvalue weighted by Crippen LogP contribution is 2.26. The molecule has 0 amide bonds. The number of esters is 2. The van der Waals surface area contributed by atoms with Crippen LogP contribution in [0.15, 0.2) is 24.3 Å². The Morgan fingerprint density at radius 3 is 2.47 bits per heavy atom. The standard InChI is InChI=1S/C13H12Cl2O4/c1-3-18-13(17)7-12(19-8(2)16)9-4-5-10(14)11(15)6-9/h4-7H,3H2,1-2H3/b12-7-. The SMILES string of the molecule is CCOC(=O)/C=C(\OC(C)=O)c1ccc(Cl)c(Cl)c1. The Morgan fingerprint density at radius 1 is 1.26 bits per heavy atom. The van der Waals surface area contributed by atoms with Crippen LogP contribution < -0.4 is 0 Å². The third kappa shape index (κ3) is 4.93. The number of rotatable bonds is 4. The first-order chi connectivity index (χ1) is 8.93. The van der Waals surface area contributed by atoms with Crippen molar-refractivity contribution in [2.45, 2.75) is 13.8 Å². The molecular formula is C13H12Cl2O4. The summed E-state index contributed by atoms with van der Waals surface area (Å²) in [5.41, 5.74) is 0.456. The van der Waals surface area contributed by atoms with E-state index in [1.807, 2.05) is 0 Å². The van der Waals surface area contributed by atoms with Crippen molar-refractivity contribution < 1.29 is 19.1 Å². The summed E-state index contributed by atoms with van der Waals surface area (Å²) >= 11 is 11.7. The van der Waals surface area contributed by atoms with Gasteiger partial charge in [-0.1, -0.05) is 23.2 Å². The van der Waals surface area contributed by atoms with E-state index in [1.54, 1.807) is 19.1 Å². The fourth-order valence-electron chi connectivity index (χ4n) is 1.27. The molecule has 0 atom stereocenters. The molecule has 0 aromatic heterocycles. The molecule has 1 aromatic carbocycles. The molecule has 4 nitrogen and oxygen atoms in total. The summed E-state index contributed by atoms with van der Waals surface area (Å²) in [6, 6.07) is 4.63. The van der Waals surface area contributed by atoms with Gasteiger partial charge >= 0.3 is 11.9 Å². The number of carbonyl (C=O) groups is 2. The van der Waals surface area contributed by atoms with Gasteiger partial charge < -0.3 is 9.47 Å². The van der Waals surface area contributed by atoms with Gasteiger partial charge in [0.15, 0.2) is 0 Å². The Hall–Kier alpha value is -1.52. The summed E-state index contributed by atoms with van der Waals surface area (Å²) in [5, 5.41) is 0.657. The lowest BCUT2D eigenvalue weighted by molar-refractivity contribution is -0.137. The molecule has 6 heteroatoms. The summed E-state index contributed by atoms with van der Waals surface area (Å²) in [6.07, 6.45) is 1.09. The predicted octanol–water partition coefficient (Wildman–Crippen LogP) is 3.46. The van der Waals surface area contributed by atoms with Gasteiger partial charge in [-0.25, -0.2) is 4.79 Å². The first kappa shape index (κ1) is 15.5. The van der Waals surface area contributed by atoms with E-state index in [-0.39, 0.29) is 12.4 Å². The van der Waals surface area contributed by atoms with E-state index in [4.69, 9.17) is 32.7 Å². The van der Waals surface area contributed by atoms with Gasteiger partial charge in [0.1, 0.15) is 5.76 Å². The van der Waals surface area contributed by atoms with Crippen LogP contribution in [0.5, 0.6) is 0 Å². The van der Waals surface area contributed by atoms with E-state index in [1.165, 1.54) is 13.0 Å². The molecule has 0 bridgehead atoms. The van der Waals surface area contributed by atoms with Crippen molar-refractivity contribution in [1.82, 2.24) is 0 Å². The molecule has 0 N–H and O–H groups in total. The summed E-state index contributed by atoms with van der Waals surface area (Å²) < 4.78 is 9.73. The van der Waals surface area contributed by atoms with Gasteiger partial charge in [0.2, 0.25) is 0 Å². The lowest BCUT2D eigenvalue weighted by Gasteiger charge is -2.08. The summed E-state index contributed by atoms with van der Waals surface area (Å²) in [6.45, 7) is 3.14. The molecule has 0 saturated heterocycles. The zero-order valence-corrected chi connectivity index (χ0v) is 11.9. The molecule has 0 unspecified atom stereocenters. The third-order valence-corrected chi connectivity index (χ3v) is 2.73. The molecular weight excluding hydrogens is 291 g/mol. The number of halogens is 2. The van der Waals surface area contributed by atoms with Crippen LogP contribution in [0.2, 0.25) is 10.0 Å². The second kappa shape index (κ2) is 7.16. The summed E-state index contributed by atoms with van der Waals surface area (Å²) in [4.78, 5) is 22.5. The van der Waals surface area contributed by atoms with Crippen LogP contribution in [0, 0.1) is 0 Å². The Bertz CT molecular complexity index is 523. The maximum absolute atomic E-state index is 11.4. The number of hydrogen-bond acceptors (Lipinski definition) is 4. The summed E-state index contributed by atoms with van der Waals surface area (Å²) in [7, 11) is 0. The molecule has 1 aromatic rings. The van der Waals surface area contributed by atoms with Crippen LogP contribution in [-0.4, -0.2) is 18.5 Å². The van der Waals surface area contributed by atoms with Crippen LogP contribution in [0.3, 0.4) is 0 Å². The van der Waals surface area contributed by atoms with Gasteiger partial charge in [-0.05, 0) is 25.1 Å². The molecule has 1 rings (SSSR count). The molecule has 0 spiro atoms. The predicted molar refractivity (Wildman–Crippen MR) is 72.8 cm³/mol. The minimum Gasteiger partial charge on any atom is -0.463 e. The molecule has 0 radical (unpaired) electrons. The van der Waals surface area contributed by atoms with E-state index in [0.29, 0.717) is 15.6 Å². The molecule has 0 aliphatic rings. The first-order valence-electron chi connectivity index (χ1n) is 5.46. The Balaban J connectivity index is 3.12. The minimum absolute atomic E-state index is 0.0597. The van der Waals surface area contributed by atoms with Gasteiger partial charge in [0, 0.05) is 12.5 Å². The molecule has 0 saturated carbocycles. The summed E-state index contributed by atoms with van der Waals surface area (Å²) in [5.74, 6) is -1.10. The molecule has 0 heterocycles. The van der Waals surface area contributed by atoms with Crippen molar-refractivity contribution >= 4 is 40.9 Å². The maximum atomic E-state index is 11.4. The van der Waals surface area contributed by atoms with Gasteiger partial charge in [-0.3, -0.25) is 4.79 Å². The second-order valence-corrected chi connectivity index (χ2v) is 4.30. The van der Waals surface area contributed by atoms with Gasteiger partial charge in [0.25, 0.3) is 0 Å². The molecule has 19 heavy (non-hydrogen) atoms. The Kier molecular flexibility index (Phi) is 5.86. The lowest BCUT2D eigenvalue weighted by atomic mass is 10.2. The van der Waals surface area contributed by atoms with Gasteiger partial charge in [-0.2, -0.15) is 0 Å². The van der Waals surface area contributed by atoms with E-state index in [0.717, 1.165) is 6.08 Å². The molecule has 0 aliphatic carbocycles. The quantitative estimate of drug-likeness (QED) is 0.485. The fourth-order valence-corrected chi connectivity index (χ4v) is 1.57. The van der Waals surface area contributed by atoms with Crippen molar-refractivity contribution in [3.05, 3.63) is 39.9 Å². The highest BCUT2D eigenvalue weighted by Gasteiger charge is 2.11. The first-order valence-corrected chi connectivity index (χ1v) is 6.22. The number of ether oxygens (including phenoxy) is 2. The van der Waals surface area contributed by atoms with Crippen molar-refractivity contribution in [2.75, 3.05) is 6.61 Å². The van der Waals surface area contributed by atoms with Crippen molar-refractivity contribution in [3.63, 3.8) is 0 Å². The second-order valence-electron chi connectivity index (χ2n) is 3.48. The number of benzene rings is 1. The average molecular weight is 303 g/mol. The van der Waals surface area contributed by atoms with Crippen LogP contribution in [0.4, 0.5) is 0 Å². The van der Waals surface area contributed by atoms with E-state index >= 15 is 0 Å². The Morgan fingerprint density at radius 2 is 1.95 bits per heavy atom. The van der Waals surface area contributed by atoms with Crippen molar-refractivity contribution in [1.29, 1.82) is 0 Å². The zero-order valence-electron chi connectivity index (χ0n) is 10.4. The molecule has 0 fully saturated rings. The van der Waals surface area contributed by atoms with Gasteiger partial charge in [-0.15, -0.1) is 0 Å². The number of hydrogen-bond donors (Lipinski definition) is 0. The average Bonchev–Trinajstić information content (AvgIpc) is 2.31. The van der Waals surface area contributed by atoms with Crippen LogP contribution >= 0.6 is 23.2 Å². The van der Waals surface area contributed by atoms with E-state index < -0.39 is 11.9 Å². The van der Waals surface area contributed by atoms with Crippen LogP contribution in [-0.2, 0) is 19.1 Å². The highest BCUT2D eigenvalue weighted by atomic mass is 35.5. The monoisotopic (exact) mass is 302 g/mol. The largest absolute Gasteiger partial charge is 0.463 e. The smallest absolute Gasteiger partial charge is 0.334 e. The molecule has 0 aliphatic heterocycles. The number of carbonyl (C=O) groups excluding carboxylic acids is 2. The van der Waals surface area contributed by atoms with Crippen LogP contribution in [0.1, 0.15) is 19.4 Å². The van der Waals surface area contributed by atoms with Gasteiger partial charge in [0.05, 0.1) is 22.7 Å². The fraction of sp³-hybridized carbons (Fsp3) is 0.231. The van der Waals surface area contributed by atoms with Crippen LogP contribution in [0.25, 0.3) is 5.76 Å². The topological polar surface area (TPSA) is 52.6 Å².